The molecule has 1 saturated heterocycles. The Bertz CT molecular complexity index is 1450. The molecule has 0 aliphatic carbocycles. The molecule has 0 bridgehead atoms. The largest absolute Gasteiger partial charge is 0.359 e. The topological polar surface area (TPSA) is 140 Å². The van der Waals surface area contributed by atoms with Gasteiger partial charge in [0.25, 0.3) is 0 Å². The van der Waals surface area contributed by atoms with Crippen LogP contribution in [0.5, 0.6) is 0 Å². The van der Waals surface area contributed by atoms with Crippen molar-refractivity contribution in [2.45, 2.75) is 39.7 Å². The monoisotopic (exact) mass is 544 g/mol. The number of aromatic amines is 1. The molecule has 4 heterocycles. The van der Waals surface area contributed by atoms with E-state index in [1.54, 1.807) is 6.07 Å². The van der Waals surface area contributed by atoms with Gasteiger partial charge in [-0.25, -0.2) is 14.8 Å². The van der Waals surface area contributed by atoms with Gasteiger partial charge < -0.3 is 25.0 Å². The van der Waals surface area contributed by atoms with E-state index in [0.29, 0.717) is 23.9 Å². The molecular weight excluding hydrogens is 508 g/mol. The predicted octanol–water partition coefficient (Wildman–Crippen LogP) is 4.28. The summed E-state index contributed by atoms with van der Waals surface area (Å²) in [6.07, 6.45) is 0. The second-order valence-electron chi connectivity index (χ2n) is 11.1. The lowest BCUT2D eigenvalue weighted by Gasteiger charge is -2.33. The summed E-state index contributed by atoms with van der Waals surface area (Å²) in [5, 5.41) is 20.3. The number of nitrogens with zero attached hydrogens (tertiary/aromatic N) is 6. The number of nitrogens with one attached hydrogen (secondary N) is 4. The molecule has 4 aromatic rings. The Morgan fingerprint density at radius 3 is 2.48 bits per heavy atom. The Balaban J connectivity index is 1.16. The van der Waals surface area contributed by atoms with Crippen LogP contribution in [0.25, 0.3) is 11.3 Å². The zero-order valence-corrected chi connectivity index (χ0v) is 23.6. The summed E-state index contributed by atoms with van der Waals surface area (Å²) in [5.74, 6) is 4.19. The summed E-state index contributed by atoms with van der Waals surface area (Å²) in [6.45, 7) is 12.2. The number of piperazine rings is 1. The highest BCUT2D eigenvalue weighted by atomic mass is 16.5. The van der Waals surface area contributed by atoms with Crippen LogP contribution >= 0.6 is 0 Å². The number of carbonyl (C=O) groups is 1. The minimum atomic E-state index is -0.350. The van der Waals surface area contributed by atoms with Crippen molar-refractivity contribution in [1.29, 1.82) is 0 Å². The zero-order valence-electron chi connectivity index (χ0n) is 23.6. The summed E-state index contributed by atoms with van der Waals surface area (Å²) in [6, 6.07) is 13.2. The number of carbonyl (C=O) groups excluding carboxylic acids is 1. The van der Waals surface area contributed by atoms with E-state index in [2.05, 4.69) is 58.1 Å². The fourth-order valence-corrected chi connectivity index (χ4v) is 4.31. The lowest BCUT2D eigenvalue weighted by molar-refractivity contribution is 0.251. The summed E-state index contributed by atoms with van der Waals surface area (Å²) in [4.78, 5) is 26.1. The zero-order chi connectivity index (χ0) is 28.3. The molecular formula is C28H36N10O2. The van der Waals surface area contributed by atoms with E-state index >= 15 is 0 Å². The maximum absolute atomic E-state index is 12.3. The van der Waals surface area contributed by atoms with Crippen molar-refractivity contribution >= 4 is 29.3 Å². The summed E-state index contributed by atoms with van der Waals surface area (Å²) < 4.78 is 5.31. The highest BCUT2D eigenvalue weighted by molar-refractivity contribution is 5.88. The smallest absolute Gasteiger partial charge is 0.320 e. The molecule has 2 amide bonds. The van der Waals surface area contributed by atoms with Crippen molar-refractivity contribution in [3.05, 3.63) is 59.6 Å². The Morgan fingerprint density at radius 2 is 1.77 bits per heavy atom. The molecule has 1 aromatic carbocycles. The number of rotatable bonds is 7. The van der Waals surface area contributed by atoms with Crippen LogP contribution in [0.3, 0.4) is 0 Å². The Morgan fingerprint density at radius 1 is 1.02 bits per heavy atom. The maximum atomic E-state index is 12.3. The van der Waals surface area contributed by atoms with Gasteiger partial charge in [0, 0.05) is 61.9 Å². The van der Waals surface area contributed by atoms with Crippen molar-refractivity contribution in [2.75, 3.05) is 48.8 Å². The van der Waals surface area contributed by atoms with Gasteiger partial charge in [0.1, 0.15) is 29.0 Å². The van der Waals surface area contributed by atoms with Gasteiger partial charge in [0.2, 0.25) is 0 Å². The molecule has 1 aliphatic rings. The summed E-state index contributed by atoms with van der Waals surface area (Å²) in [7, 11) is 2.14. The minimum absolute atomic E-state index is 0.181. The number of hydrogen-bond acceptors (Lipinski definition) is 9. The number of likely N-dealkylation sites (N-methyl/N-ethyl adjacent to an activating group) is 1. The van der Waals surface area contributed by atoms with Crippen molar-refractivity contribution in [3.63, 3.8) is 0 Å². The van der Waals surface area contributed by atoms with Crippen molar-refractivity contribution in [2.24, 2.45) is 0 Å². The van der Waals surface area contributed by atoms with Crippen molar-refractivity contribution in [3.8, 4) is 11.3 Å². The number of anilines is 4. The first-order valence-corrected chi connectivity index (χ1v) is 13.4. The van der Waals surface area contributed by atoms with Crippen LogP contribution in [0.15, 0.2) is 47.0 Å². The van der Waals surface area contributed by atoms with Crippen LogP contribution in [0.2, 0.25) is 0 Å². The first kappa shape index (κ1) is 27.1. The third kappa shape index (κ3) is 6.75. The highest BCUT2D eigenvalue weighted by Crippen LogP contribution is 2.25. The quantitative estimate of drug-likeness (QED) is 0.268. The van der Waals surface area contributed by atoms with Crippen LogP contribution in [0.4, 0.5) is 28.1 Å². The summed E-state index contributed by atoms with van der Waals surface area (Å²) in [5.41, 5.74) is 2.52. The molecule has 1 aliphatic heterocycles. The molecule has 40 heavy (non-hydrogen) atoms. The third-order valence-corrected chi connectivity index (χ3v) is 6.69. The fourth-order valence-electron chi connectivity index (χ4n) is 4.31. The molecule has 12 heteroatoms. The molecule has 1 fully saturated rings. The van der Waals surface area contributed by atoms with E-state index in [9.17, 15) is 4.79 Å². The van der Waals surface area contributed by atoms with Crippen molar-refractivity contribution < 1.29 is 9.32 Å². The van der Waals surface area contributed by atoms with E-state index in [1.165, 1.54) is 0 Å². The molecule has 3 aromatic heterocycles. The van der Waals surface area contributed by atoms with Gasteiger partial charge in [0.05, 0.1) is 5.69 Å². The lowest BCUT2D eigenvalue weighted by atomic mass is 9.93. The van der Waals surface area contributed by atoms with Gasteiger partial charge in [-0.2, -0.15) is 5.10 Å². The van der Waals surface area contributed by atoms with Gasteiger partial charge in [-0.05, 0) is 19.5 Å². The second-order valence-corrected chi connectivity index (χ2v) is 11.1. The second kappa shape index (κ2) is 11.3. The lowest BCUT2D eigenvalue weighted by Crippen LogP contribution is -2.44. The van der Waals surface area contributed by atoms with Gasteiger partial charge in [0.15, 0.2) is 5.82 Å². The number of hydrogen-bond donors (Lipinski definition) is 4. The number of aromatic nitrogens is 5. The Labute approximate surface area is 233 Å². The van der Waals surface area contributed by atoms with E-state index in [0.717, 1.165) is 60.5 Å². The van der Waals surface area contributed by atoms with Crippen LogP contribution in [-0.2, 0) is 12.0 Å². The first-order valence-electron chi connectivity index (χ1n) is 13.4. The number of benzene rings is 1. The normalized spacial score (nSPS) is 14.3. The van der Waals surface area contributed by atoms with Crippen LogP contribution < -0.4 is 20.9 Å². The molecule has 4 N–H and O–H groups in total. The van der Waals surface area contributed by atoms with Gasteiger partial charge in [-0.1, -0.05) is 50.2 Å². The molecule has 0 saturated carbocycles. The number of amides is 2. The average Bonchev–Trinajstić information content (AvgIpc) is 3.58. The summed E-state index contributed by atoms with van der Waals surface area (Å²) >= 11 is 0. The maximum Gasteiger partial charge on any atom is 0.320 e. The molecule has 0 radical (unpaired) electrons. The van der Waals surface area contributed by atoms with Gasteiger partial charge >= 0.3 is 6.03 Å². The Kier molecular flexibility index (Phi) is 7.69. The average molecular weight is 545 g/mol. The third-order valence-electron chi connectivity index (χ3n) is 6.69. The van der Waals surface area contributed by atoms with E-state index in [4.69, 9.17) is 4.52 Å². The predicted molar refractivity (Wildman–Crippen MR) is 155 cm³/mol. The molecule has 0 spiro atoms. The standard InChI is InChI=1S/C28H36N10O2/c1-18-30-23(16-26(31-18)38-12-10-37(5)11-13-38)32-24-14-21(34-35-24)20-8-6-19(7-9-20)17-29-27(39)33-25-15-22(40-36-25)28(2,3)4/h6-9,14-16H,10-13,17H2,1-5H3,(H2,29,33,36,39)(H2,30,31,32,34,35). The highest BCUT2D eigenvalue weighted by Gasteiger charge is 2.20. The molecule has 0 atom stereocenters. The number of H-pyrrole nitrogens is 1. The van der Waals surface area contributed by atoms with E-state index in [-0.39, 0.29) is 11.4 Å². The molecule has 210 valence electrons. The van der Waals surface area contributed by atoms with Crippen molar-refractivity contribution in [1.82, 2.24) is 35.5 Å². The van der Waals surface area contributed by atoms with E-state index in [1.807, 2.05) is 64.1 Å². The molecule has 12 nitrogen and oxygen atoms in total. The van der Waals surface area contributed by atoms with Gasteiger partial charge in [-0.3, -0.25) is 10.4 Å². The SMILES string of the molecule is Cc1nc(Nc2cc(-c3ccc(CNC(=O)Nc4cc(C(C)(C)C)on4)cc3)n[nH]2)cc(N2CCN(C)CC2)n1. The molecule has 5 rings (SSSR count). The van der Waals surface area contributed by atoms with Crippen LogP contribution in [0.1, 0.15) is 37.9 Å². The van der Waals surface area contributed by atoms with E-state index < -0.39 is 0 Å². The number of urea groups is 1. The molecule has 0 unspecified atom stereocenters. The van der Waals surface area contributed by atoms with Crippen LogP contribution in [-0.4, -0.2) is 69.5 Å². The minimum Gasteiger partial charge on any atom is -0.359 e. The number of aryl methyl sites for hydroxylation is 1. The van der Waals surface area contributed by atoms with Crippen LogP contribution in [0, 0.1) is 6.92 Å². The first-order chi connectivity index (χ1) is 19.1. The van der Waals surface area contributed by atoms with Gasteiger partial charge in [-0.15, -0.1) is 0 Å². The Hall–Kier alpha value is -4.45. The fraction of sp³-hybridized carbons (Fsp3) is 0.393.